The zero-order valence-corrected chi connectivity index (χ0v) is 9.73. The average molecular weight is 222 g/mol. The van der Waals surface area contributed by atoms with Crippen LogP contribution in [-0.4, -0.2) is 19.8 Å². The Morgan fingerprint density at radius 2 is 1.94 bits per heavy atom. The Hall–Kier alpha value is -1.46. The summed E-state index contributed by atoms with van der Waals surface area (Å²) in [5.41, 5.74) is 14.2. The van der Waals surface area contributed by atoms with E-state index in [4.69, 9.17) is 11.5 Å². The molecule has 1 aromatic carbocycles. The molecule has 0 spiro atoms. The SMILES string of the molecule is CCN1C[N+]([O-])(CC)c2cc(N)c(N)cc21. The van der Waals surface area contributed by atoms with E-state index in [1.54, 1.807) is 6.07 Å². The topological polar surface area (TPSA) is 78.3 Å². The number of anilines is 3. The van der Waals surface area contributed by atoms with Crippen LogP contribution in [0.15, 0.2) is 12.1 Å². The molecule has 1 aromatic rings. The fraction of sp³-hybridized carbons (Fsp3) is 0.455. The molecule has 88 valence electrons. The molecule has 0 radical (unpaired) electrons. The standard InChI is InChI=1S/C11H18N4O/c1-3-14-7-15(16,4-2)11-6-9(13)8(12)5-10(11)14/h5-6H,3-4,7,12-13H2,1-2H3. The molecule has 0 saturated heterocycles. The number of hydrogen-bond acceptors (Lipinski definition) is 4. The highest BCUT2D eigenvalue weighted by molar-refractivity contribution is 5.84. The number of nitrogen functional groups attached to an aromatic ring is 2. The Bertz CT molecular complexity index is 421. The molecule has 0 aliphatic carbocycles. The first-order valence-corrected chi connectivity index (χ1v) is 5.54. The van der Waals surface area contributed by atoms with Crippen molar-refractivity contribution in [1.29, 1.82) is 0 Å². The lowest BCUT2D eigenvalue weighted by atomic mass is 10.2. The minimum Gasteiger partial charge on any atom is -0.626 e. The van der Waals surface area contributed by atoms with Crippen LogP contribution in [0.25, 0.3) is 0 Å². The van der Waals surface area contributed by atoms with Gasteiger partial charge in [0.1, 0.15) is 5.69 Å². The number of rotatable bonds is 2. The van der Waals surface area contributed by atoms with Gasteiger partial charge in [0.15, 0.2) is 12.4 Å². The van der Waals surface area contributed by atoms with E-state index >= 15 is 0 Å². The first kappa shape index (κ1) is 11.0. The van der Waals surface area contributed by atoms with E-state index < -0.39 is 0 Å². The molecule has 2 rings (SSSR count). The lowest BCUT2D eigenvalue weighted by molar-refractivity contribution is 0.412. The average Bonchev–Trinajstić information content (AvgIpc) is 2.54. The van der Waals surface area contributed by atoms with Crippen molar-refractivity contribution >= 4 is 22.7 Å². The highest BCUT2D eigenvalue weighted by Crippen LogP contribution is 2.43. The molecule has 0 aromatic heterocycles. The predicted octanol–water partition coefficient (Wildman–Crippen LogP) is 1.47. The molecule has 0 saturated carbocycles. The van der Waals surface area contributed by atoms with Gasteiger partial charge in [0.25, 0.3) is 0 Å². The minimum atomic E-state index is -0.340. The number of nitrogens with zero attached hydrogens (tertiary/aromatic N) is 2. The Morgan fingerprint density at radius 1 is 1.31 bits per heavy atom. The van der Waals surface area contributed by atoms with Crippen molar-refractivity contribution in [2.75, 3.05) is 36.1 Å². The fourth-order valence-corrected chi connectivity index (χ4v) is 2.16. The van der Waals surface area contributed by atoms with Crippen molar-refractivity contribution in [3.63, 3.8) is 0 Å². The molecule has 16 heavy (non-hydrogen) atoms. The Morgan fingerprint density at radius 3 is 2.50 bits per heavy atom. The molecule has 4 N–H and O–H groups in total. The van der Waals surface area contributed by atoms with E-state index in [-0.39, 0.29) is 4.65 Å². The Kier molecular flexibility index (Phi) is 2.44. The first-order valence-electron chi connectivity index (χ1n) is 5.54. The lowest BCUT2D eigenvalue weighted by Gasteiger charge is -2.37. The monoisotopic (exact) mass is 222 g/mol. The molecule has 1 unspecified atom stereocenters. The zero-order chi connectivity index (χ0) is 11.9. The predicted molar refractivity (Wildman–Crippen MR) is 68.9 cm³/mol. The molecule has 5 heteroatoms. The van der Waals surface area contributed by atoms with E-state index in [1.165, 1.54) is 0 Å². The van der Waals surface area contributed by atoms with Gasteiger partial charge in [-0.1, -0.05) is 0 Å². The molecule has 0 fully saturated rings. The highest BCUT2D eigenvalue weighted by Gasteiger charge is 2.34. The second-order valence-electron chi connectivity index (χ2n) is 4.17. The maximum atomic E-state index is 12.5. The van der Waals surface area contributed by atoms with Crippen LogP contribution in [0.5, 0.6) is 0 Å². The highest BCUT2D eigenvalue weighted by atomic mass is 16.6. The molecular weight excluding hydrogens is 204 g/mol. The van der Waals surface area contributed by atoms with Gasteiger partial charge in [0, 0.05) is 12.6 Å². The summed E-state index contributed by atoms with van der Waals surface area (Å²) >= 11 is 0. The van der Waals surface area contributed by atoms with E-state index in [2.05, 4.69) is 0 Å². The van der Waals surface area contributed by atoms with Crippen LogP contribution in [0.3, 0.4) is 0 Å². The van der Waals surface area contributed by atoms with Gasteiger partial charge in [-0.15, -0.1) is 0 Å². The number of fused-ring (bicyclic) bond motifs is 1. The maximum absolute atomic E-state index is 12.5. The van der Waals surface area contributed by atoms with Gasteiger partial charge in [-0.05, 0) is 19.9 Å². The third kappa shape index (κ3) is 1.40. The van der Waals surface area contributed by atoms with Crippen molar-refractivity contribution in [3.05, 3.63) is 17.3 Å². The lowest BCUT2D eigenvalue weighted by Crippen LogP contribution is -2.45. The minimum absolute atomic E-state index is 0.340. The summed E-state index contributed by atoms with van der Waals surface area (Å²) in [6.07, 6.45) is 0. The molecule has 1 aliphatic heterocycles. The van der Waals surface area contributed by atoms with Gasteiger partial charge in [0.2, 0.25) is 0 Å². The number of nitrogens with two attached hydrogens (primary N) is 2. The van der Waals surface area contributed by atoms with Crippen LogP contribution in [0.1, 0.15) is 13.8 Å². The molecule has 5 nitrogen and oxygen atoms in total. The van der Waals surface area contributed by atoms with E-state index in [0.717, 1.165) is 17.9 Å². The van der Waals surface area contributed by atoms with Crippen LogP contribution >= 0.6 is 0 Å². The molecule has 0 bridgehead atoms. The van der Waals surface area contributed by atoms with Crippen molar-refractivity contribution in [3.8, 4) is 0 Å². The van der Waals surface area contributed by atoms with Crippen LogP contribution in [0, 0.1) is 5.21 Å². The van der Waals surface area contributed by atoms with Gasteiger partial charge in [-0.25, -0.2) is 0 Å². The van der Waals surface area contributed by atoms with Crippen molar-refractivity contribution < 1.29 is 0 Å². The first-order chi connectivity index (χ1) is 7.51. The quantitative estimate of drug-likeness (QED) is 0.451. The summed E-state index contributed by atoms with van der Waals surface area (Å²) in [6, 6.07) is 3.53. The second-order valence-corrected chi connectivity index (χ2v) is 4.17. The fourth-order valence-electron chi connectivity index (χ4n) is 2.16. The van der Waals surface area contributed by atoms with Gasteiger partial charge < -0.3 is 26.2 Å². The number of hydroxylamine groups is 2. The van der Waals surface area contributed by atoms with Crippen molar-refractivity contribution in [2.24, 2.45) is 0 Å². The van der Waals surface area contributed by atoms with Gasteiger partial charge in [-0.3, -0.25) is 0 Å². The number of benzene rings is 1. The van der Waals surface area contributed by atoms with Crippen LogP contribution in [0.4, 0.5) is 22.7 Å². The summed E-state index contributed by atoms with van der Waals surface area (Å²) in [6.45, 7) is 5.68. The molecule has 1 atom stereocenters. The van der Waals surface area contributed by atoms with Gasteiger partial charge >= 0.3 is 0 Å². The maximum Gasteiger partial charge on any atom is 0.160 e. The summed E-state index contributed by atoms with van der Waals surface area (Å²) in [7, 11) is 0. The van der Waals surface area contributed by atoms with E-state index in [1.807, 2.05) is 24.8 Å². The zero-order valence-electron chi connectivity index (χ0n) is 9.73. The summed E-state index contributed by atoms with van der Waals surface area (Å²) in [4.78, 5) is 2.04. The second kappa shape index (κ2) is 3.54. The summed E-state index contributed by atoms with van der Waals surface area (Å²) < 4.78 is -0.340. The molecular formula is C11H18N4O. The smallest absolute Gasteiger partial charge is 0.160 e. The third-order valence-corrected chi connectivity index (χ3v) is 3.25. The number of quaternary nitrogens is 1. The normalized spacial score (nSPS) is 23.6. The third-order valence-electron chi connectivity index (χ3n) is 3.25. The Labute approximate surface area is 95.4 Å². The Balaban J connectivity index is 2.58. The molecule has 1 heterocycles. The largest absolute Gasteiger partial charge is 0.626 e. The van der Waals surface area contributed by atoms with E-state index in [0.29, 0.717) is 24.6 Å². The van der Waals surface area contributed by atoms with Gasteiger partial charge in [-0.2, -0.15) is 0 Å². The molecule has 1 aliphatic rings. The van der Waals surface area contributed by atoms with Crippen LogP contribution in [-0.2, 0) is 0 Å². The van der Waals surface area contributed by atoms with Crippen molar-refractivity contribution in [2.45, 2.75) is 13.8 Å². The van der Waals surface area contributed by atoms with Crippen molar-refractivity contribution in [1.82, 2.24) is 4.65 Å². The molecule has 0 amide bonds. The summed E-state index contributed by atoms with van der Waals surface area (Å²) in [5, 5.41) is 12.5. The van der Waals surface area contributed by atoms with E-state index in [9.17, 15) is 5.21 Å². The van der Waals surface area contributed by atoms with Crippen LogP contribution in [0.2, 0.25) is 0 Å². The van der Waals surface area contributed by atoms with Crippen LogP contribution < -0.4 is 21.0 Å². The number of hydrogen-bond donors (Lipinski definition) is 2. The summed E-state index contributed by atoms with van der Waals surface area (Å²) in [5.74, 6) is 0. The van der Waals surface area contributed by atoms with Gasteiger partial charge in [0.05, 0.1) is 17.9 Å².